The Morgan fingerprint density at radius 3 is 2.89 bits per heavy atom. The first-order chi connectivity index (χ1) is 8.42. The Morgan fingerprint density at radius 2 is 2.33 bits per heavy atom. The van der Waals surface area contributed by atoms with Gasteiger partial charge in [-0.2, -0.15) is 0 Å². The average Bonchev–Trinajstić information content (AvgIpc) is 2.58. The Bertz CT molecular complexity index is 480. The maximum atomic E-state index is 13.2. The zero-order valence-electron chi connectivity index (χ0n) is 10.3. The minimum atomic E-state index is -0.522. The second kappa shape index (κ2) is 4.53. The van der Waals surface area contributed by atoms with Crippen LogP contribution in [-0.4, -0.2) is 23.2 Å². The van der Waals surface area contributed by atoms with Crippen LogP contribution in [0.4, 0.5) is 15.8 Å². The summed E-state index contributed by atoms with van der Waals surface area (Å²) in [5.74, 6) is -0.502. The van der Waals surface area contributed by atoms with Crippen molar-refractivity contribution in [1.82, 2.24) is 0 Å². The lowest BCUT2D eigenvalue weighted by Crippen LogP contribution is -2.41. The van der Waals surface area contributed by atoms with Crippen LogP contribution in [0.25, 0.3) is 0 Å². The highest BCUT2D eigenvalue weighted by Gasteiger charge is 2.38. The molecule has 2 unspecified atom stereocenters. The summed E-state index contributed by atoms with van der Waals surface area (Å²) in [6.45, 7) is 4.40. The van der Waals surface area contributed by atoms with E-state index < -0.39 is 16.3 Å². The number of nitrogens with one attached hydrogen (secondary N) is 1. The summed E-state index contributed by atoms with van der Waals surface area (Å²) in [6, 6.07) is 3.40. The molecule has 6 heteroatoms. The van der Waals surface area contributed by atoms with Gasteiger partial charge in [-0.15, -0.1) is 0 Å². The summed E-state index contributed by atoms with van der Waals surface area (Å²) >= 11 is 0. The van der Waals surface area contributed by atoms with E-state index in [1.54, 1.807) is 0 Å². The van der Waals surface area contributed by atoms with Crippen LogP contribution in [0.15, 0.2) is 18.2 Å². The summed E-state index contributed by atoms with van der Waals surface area (Å²) in [7, 11) is 0. The van der Waals surface area contributed by atoms with Crippen molar-refractivity contribution in [2.45, 2.75) is 31.9 Å². The number of benzene rings is 1. The molecule has 0 bridgehead atoms. The Balaban J connectivity index is 2.33. The minimum Gasteiger partial charge on any atom is -0.376 e. The molecule has 0 radical (unpaired) electrons. The maximum Gasteiger partial charge on any atom is 0.292 e. The second-order valence-corrected chi connectivity index (χ2v) is 4.72. The van der Waals surface area contributed by atoms with Crippen LogP contribution in [-0.2, 0) is 4.74 Å². The number of anilines is 1. The van der Waals surface area contributed by atoms with E-state index in [4.69, 9.17) is 4.74 Å². The van der Waals surface area contributed by atoms with Crippen LogP contribution in [0, 0.1) is 15.9 Å². The molecule has 2 atom stereocenters. The van der Waals surface area contributed by atoms with Crippen molar-refractivity contribution in [1.29, 1.82) is 0 Å². The lowest BCUT2D eigenvalue weighted by atomic mass is 9.94. The van der Waals surface area contributed by atoms with Crippen LogP contribution < -0.4 is 5.32 Å². The van der Waals surface area contributed by atoms with Crippen molar-refractivity contribution >= 4 is 11.4 Å². The molecule has 98 valence electrons. The van der Waals surface area contributed by atoms with Gasteiger partial charge in [-0.3, -0.25) is 10.1 Å². The Morgan fingerprint density at radius 1 is 1.61 bits per heavy atom. The Kier molecular flexibility index (Phi) is 3.21. The number of halogens is 1. The Labute approximate surface area is 104 Å². The summed E-state index contributed by atoms with van der Waals surface area (Å²) in [5, 5.41) is 14.0. The molecule has 1 heterocycles. The molecular weight excluding hydrogens is 239 g/mol. The highest BCUT2D eigenvalue weighted by molar-refractivity contribution is 5.62. The van der Waals surface area contributed by atoms with Crippen LogP contribution >= 0.6 is 0 Å². The molecule has 0 aliphatic carbocycles. The first-order valence-corrected chi connectivity index (χ1v) is 5.76. The zero-order valence-corrected chi connectivity index (χ0v) is 10.3. The van der Waals surface area contributed by atoms with Crippen molar-refractivity contribution in [3.8, 4) is 0 Å². The standard InChI is InChI=1S/C12H15FN2O3/c1-8-12(2,5-6-18-8)14-10-7-9(13)3-4-11(10)15(16)17/h3-4,7-8,14H,5-6H2,1-2H3. The molecule has 0 amide bonds. The van der Waals surface area contributed by atoms with Gasteiger partial charge in [0, 0.05) is 18.7 Å². The van der Waals surface area contributed by atoms with Gasteiger partial charge in [0.25, 0.3) is 5.69 Å². The molecule has 1 aromatic carbocycles. The maximum absolute atomic E-state index is 13.2. The van der Waals surface area contributed by atoms with Gasteiger partial charge in [0.05, 0.1) is 16.6 Å². The van der Waals surface area contributed by atoms with E-state index in [1.165, 1.54) is 6.07 Å². The summed E-state index contributed by atoms with van der Waals surface area (Å²) in [5.41, 5.74) is -0.352. The minimum absolute atomic E-state index is 0.0830. The molecule has 18 heavy (non-hydrogen) atoms. The van der Waals surface area contributed by atoms with Gasteiger partial charge >= 0.3 is 0 Å². The largest absolute Gasteiger partial charge is 0.376 e. The van der Waals surface area contributed by atoms with Gasteiger partial charge in [-0.1, -0.05) is 0 Å². The molecule has 0 aromatic heterocycles. The van der Waals surface area contributed by atoms with Crippen LogP contribution in [0.3, 0.4) is 0 Å². The fourth-order valence-electron chi connectivity index (χ4n) is 2.07. The predicted octanol–water partition coefficient (Wildman–Crippen LogP) is 2.71. The fraction of sp³-hybridized carbons (Fsp3) is 0.500. The lowest BCUT2D eigenvalue weighted by Gasteiger charge is -2.29. The molecule has 1 aliphatic heterocycles. The van der Waals surface area contributed by atoms with Crippen molar-refractivity contribution in [2.75, 3.05) is 11.9 Å². The lowest BCUT2D eigenvalue weighted by molar-refractivity contribution is -0.384. The highest BCUT2D eigenvalue weighted by Crippen LogP contribution is 2.33. The van der Waals surface area contributed by atoms with Gasteiger partial charge in [0.2, 0.25) is 0 Å². The molecule has 2 rings (SSSR count). The van der Waals surface area contributed by atoms with Crippen LogP contribution in [0.1, 0.15) is 20.3 Å². The first kappa shape index (κ1) is 12.8. The number of rotatable bonds is 3. The molecule has 1 N–H and O–H groups in total. The zero-order chi connectivity index (χ0) is 13.3. The van der Waals surface area contributed by atoms with E-state index in [1.807, 2.05) is 13.8 Å². The average molecular weight is 254 g/mol. The first-order valence-electron chi connectivity index (χ1n) is 5.76. The molecule has 0 spiro atoms. The van der Waals surface area contributed by atoms with Crippen LogP contribution in [0.2, 0.25) is 0 Å². The van der Waals surface area contributed by atoms with Crippen molar-refractivity contribution in [3.63, 3.8) is 0 Å². The number of ether oxygens (including phenoxy) is 1. The van der Waals surface area contributed by atoms with Crippen LogP contribution in [0.5, 0.6) is 0 Å². The molecule has 5 nitrogen and oxygen atoms in total. The smallest absolute Gasteiger partial charge is 0.292 e. The number of hydrogen-bond acceptors (Lipinski definition) is 4. The van der Waals surface area contributed by atoms with Crippen molar-refractivity contribution in [2.24, 2.45) is 0 Å². The third kappa shape index (κ3) is 2.28. The molecule has 1 fully saturated rings. The second-order valence-electron chi connectivity index (χ2n) is 4.72. The van der Waals surface area contributed by atoms with E-state index >= 15 is 0 Å². The third-order valence-corrected chi connectivity index (χ3v) is 3.46. The highest BCUT2D eigenvalue weighted by atomic mass is 19.1. The number of nitro benzene ring substituents is 1. The van der Waals surface area contributed by atoms with E-state index in [9.17, 15) is 14.5 Å². The molecule has 1 saturated heterocycles. The van der Waals surface area contributed by atoms with E-state index in [0.29, 0.717) is 6.61 Å². The predicted molar refractivity (Wildman–Crippen MR) is 65.1 cm³/mol. The van der Waals surface area contributed by atoms with Gasteiger partial charge in [0.1, 0.15) is 11.5 Å². The number of nitrogens with zero attached hydrogens (tertiary/aromatic N) is 1. The monoisotopic (exact) mass is 254 g/mol. The SMILES string of the molecule is CC1OCCC1(C)Nc1cc(F)ccc1[N+](=O)[O-]. The quantitative estimate of drug-likeness (QED) is 0.665. The van der Waals surface area contributed by atoms with Gasteiger partial charge in [-0.25, -0.2) is 4.39 Å². The van der Waals surface area contributed by atoms with Crippen molar-refractivity contribution < 1.29 is 14.1 Å². The molecule has 0 saturated carbocycles. The van der Waals surface area contributed by atoms with Gasteiger partial charge in [0.15, 0.2) is 0 Å². The van der Waals surface area contributed by atoms with Gasteiger partial charge < -0.3 is 10.1 Å². The van der Waals surface area contributed by atoms with E-state index in [0.717, 1.165) is 18.6 Å². The Hall–Kier alpha value is -1.69. The van der Waals surface area contributed by atoms with E-state index in [-0.39, 0.29) is 17.5 Å². The molecular formula is C12H15FN2O3. The third-order valence-electron chi connectivity index (χ3n) is 3.46. The molecule has 1 aliphatic rings. The number of nitro groups is 1. The normalized spacial score (nSPS) is 27.2. The molecule has 1 aromatic rings. The number of hydrogen-bond donors (Lipinski definition) is 1. The summed E-state index contributed by atoms with van der Waals surface area (Å²) in [6.07, 6.45) is 0.641. The summed E-state index contributed by atoms with van der Waals surface area (Å²) in [4.78, 5) is 10.4. The van der Waals surface area contributed by atoms with E-state index in [2.05, 4.69) is 5.32 Å². The van der Waals surface area contributed by atoms with Crippen molar-refractivity contribution in [3.05, 3.63) is 34.1 Å². The van der Waals surface area contributed by atoms with Gasteiger partial charge in [-0.05, 0) is 26.3 Å². The fourth-order valence-corrected chi connectivity index (χ4v) is 2.07. The summed E-state index contributed by atoms with van der Waals surface area (Å²) < 4.78 is 18.7. The topological polar surface area (TPSA) is 64.4 Å².